The van der Waals surface area contributed by atoms with Gasteiger partial charge in [0.15, 0.2) is 0 Å². The average molecular weight is 144 g/mol. The molecule has 0 amide bonds. The lowest BCUT2D eigenvalue weighted by Crippen LogP contribution is -2.33. The van der Waals surface area contributed by atoms with E-state index in [-0.39, 0.29) is 6.17 Å². The summed E-state index contributed by atoms with van der Waals surface area (Å²) in [5, 5.41) is 0. The minimum Gasteiger partial charge on any atom is -0.289 e. The summed E-state index contributed by atoms with van der Waals surface area (Å²) in [6.45, 7) is 1.08. The van der Waals surface area contributed by atoms with Crippen LogP contribution in [0.3, 0.4) is 0 Å². The number of nitrogens with zero attached hydrogens (tertiary/aromatic N) is 1. The van der Waals surface area contributed by atoms with E-state index in [9.17, 15) is 4.48 Å². The number of rotatable bonds is 1. The molecule has 1 spiro atoms. The second-order valence-corrected chi connectivity index (χ2v) is 3.74. The lowest BCUT2D eigenvalue weighted by molar-refractivity contribution is 0.161. The molecule has 1 N–H and O–H groups in total. The van der Waals surface area contributed by atoms with Crippen LogP contribution in [0.25, 0.3) is 0 Å². The van der Waals surface area contributed by atoms with Crippen LogP contribution in [0, 0.1) is 5.41 Å². The maximum Gasteiger partial charge on any atom is 0.0890 e. The minimum absolute atomic E-state index is 0.0116. The van der Waals surface area contributed by atoms with Crippen LogP contribution in [-0.2, 0) is 0 Å². The normalized spacial score (nSPS) is 37.2. The van der Waals surface area contributed by atoms with Crippen molar-refractivity contribution in [1.29, 1.82) is 0 Å². The summed E-state index contributed by atoms with van der Waals surface area (Å²) in [6, 6.07) is 0. The van der Waals surface area contributed by atoms with E-state index < -0.39 is 0 Å². The first-order valence-corrected chi connectivity index (χ1v) is 3.82. The van der Waals surface area contributed by atoms with Crippen LogP contribution in [0.5, 0.6) is 0 Å². The van der Waals surface area contributed by atoms with Gasteiger partial charge in [-0.1, -0.05) is 0 Å². The van der Waals surface area contributed by atoms with Gasteiger partial charge in [-0.25, -0.2) is 0 Å². The minimum atomic E-state index is -0.0116. The first kappa shape index (κ1) is 6.55. The summed E-state index contributed by atoms with van der Waals surface area (Å²) in [5.41, 5.74) is 2.35. The highest BCUT2D eigenvalue weighted by Gasteiger charge is 2.50. The van der Waals surface area contributed by atoms with E-state index in [2.05, 4.69) is 4.90 Å². The van der Waals surface area contributed by atoms with Gasteiger partial charge in [-0.2, -0.15) is 0 Å². The topological polar surface area (TPSA) is 15.3 Å². The predicted octanol–water partition coefficient (Wildman–Crippen LogP) is 0.902. The monoisotopic (exact) mass is 144 g/mol. The van der Waals surface area contributed by atoms with Gasteiger partial charge in [0.25, 0.3) is 0 Å². The Bertz CT molecular complexity index is 145. The molecule has 1 saturated heterocycles. The van der Waals surface area contributed by atoms with E-state index in [4.69, 9.17) is 0 Å². The number of hydrogen-bond donors (Lipinski definition) is 1. The Hall–Kier alpha value is -0.150. The zero-order valence-electron chi connectivity index (χ0n) is 6.23. The molecule has 1 heterocycles. The molecule has 0 aromatic rings. The number of hydrogen-bond acceptors (Lipinski definition) is 2. The van der Waals surface area contributed by atoms with E-state index in [0.29, 0.717) is 5.41 Å². The predicted molar refractivity (Wildman–Crippen MR) is 36.9 cm³/mol. The highest BCUT2D eigenvalue weighted by molar-refractivity contribution is 5.02. The van der Waals surface area contributed by atoms with E-state index in [1.165, 1.54) is 12.8 Å². The lowest BCUT2D eigenvalue weighted by Gasteiger charge is -2.14. The summed E-state index contributed by atoms with van der Waals surface area (Å²) in [7, 11) is 1.98. The lowest BCUT2D eigenvalue weighted by atomic mass is 10.1. The van der Waals surface area contributed by atoms with E-state index in [1.807, 2.05) is 12.6 Å². The molecule has 1 saturated carbocycles. The van der Waals surface area contributed by atoms with E-state index >= 15 is 0 Å². The average Bonchev–Trinajstić information content (AvgIpc) is 2.55. The first-order valence-electron chi connectivity index (χ1n) is 3.82. The standard InChI is InChI=1S/C7H13FN2/c1-10-5-7(2-3-7)4-6(10)9-8/h6,9H,2-5H2,1H3. The highest BCUT2D eigenvalue weighted by atomic mass is 19.2. The van der Waals surface area contributed by atoms with Crippen molar-refractivity contribution < 1.29 is 4.48 Å². The largest absolute Gasteiger partial charge is 0.289 e. The molecule has 2 aliphatic rings. The maximum absolute atomic E-state index is 12.0. The third-order valence-corrected chi connectivity index (χ3v) is 2.83. The molecule has 1 unspecified atom stereocenters. The molecule has 1 aliphatic heterocycles. The number of likely N-dealkylation sites (tertiary alicyclic amines) is 1. The fourth-order valence-corrected chi connectivity index (χ4v) is 1.93. The summed E-state index contributed by atoms with van der Waals surface area (Å²) in [5.74, 6) is 0. The van der Waals surface area contributed by atoms with Crippen molar-refractivity contribution in [1.82, 2.24) is 10.4 Å². The molecule has 0 bridgehead atoms. The first-order chi connectivity index (χ1) is 4.76. The Balaban J connectivity index is 2.00. The SMILES string of the molecule is CN1CC2(CC2)CC1NF. The molecule has 1 aliphatic carbocycles. The Morgan fingerprint density at radius 3 is 2.60 bits per heavy atom. The Labute approximate surface area is 60.3 Å². The zero-order chi connectivity index (χ0) is 7.19. The van der Waals surface area contributed by atoms with Crippen molar-refractivity contribution >= 4 is 0 Å². The molecule has 2 nitrogen and oxygen atoms in total. The van der Waals surface area contributed by atoms with Gasteiger partial charge in [0.1, 0.15) is 0 Å². The van der Waals surface area contributed by atoms with Gasteiger partial charge in [0.05, 0.1) is 6.17 Å². The molecule has 1 atom stereocenters. The molecule has 0 aromatic heterocycles. The van der Waals surface area contributed by atoms with Gasteiger partial charge in [0.2, 0.25) is 0 Å². The summed E-state index contributed by atoms with van der Waals surface area (Å²) >= 11 is 0. The maximum atomic E-state index is 12.0. The Kier molecular flexibility index (Phi) is 1.26. The van der Waals surface area contributed by atoms with Crippen LogP contribution in [0.15, 0.2) is 0 Å². The smallest absolute Gasteiger partial charge is 0.0890 e. The Morgan fingerprint density at radius 2 is 2.30 bits per heavy atom. The highest BCUT2D eigenvalue weighted by Crippen LogP contribution is 2.53. The third-order valence-electron chi connectivity index (χ3n) is 2.83. The van der Waals surface area contributed by atoms with Gasteiger partial charge in [-0.05, 0) is 31.7 Å². The quantitative estimate of drug-likeness (QED) is 0.550. The molecular formula is C7H13FN2. The molecule has 2 rings (SSSR count). The van der Waals surface area contributed by atoms with Crippen molar-refractivity contribution in [2.24, 2.45) is 5.41 Å². The third kappa shape index (κ3) is 0.847. The van der Waals surface area contributed by atoms with Crippen LogP contribution in [0.1, 0.15) is 19.3 Å². The molecular weight excluding hydrogens is 131 g/mol. The van der Waals surface area contributed by atoms with Crippen LogP contribution < -0.4 is 5.54 Å². The molecule has 0 aromatic carbocycles. The van der Waals surface area contributed by atoms with Gasteiger partial charge in [-0.15, -0.1) is 10.0 Å². The number of halogens is 1. The summed E-state index contributed by atoms with van der Waals surface area (Å²) in [4.78, 5) is 2.06. The molecule has 10 heavy (non-hydrogen) atoms. The Morgan fingerprint density at radius 1 is 1.60 bits per heavy atom. The van der Waals surface area contributed by atoms with Gasteiger partial charge in [-0.3, -0.25) is 4.90 Å². The van der Waals surface area contributed by atoms with Crippen molar-refractivity contribution in [3.05, 3.63) is 0 Å². The molecule has 2 fully saturated rings. The van der Waals surface area contributed by atoms with Crippen LogP contribution >= 0.6 is 0 Å². The van der Waals surface area contributed by atoms with Crippen LogP contribution in [0.2, 0.25) is 0 Å². The zero-order valence-corrected chi connectivity index (χ0v) is 6.23. The van der Waals surface area contributed by atoms with Crippen LogP contribution in [-0.4, -0.2) is 24.7 Å². The van der Waals surface area contributed by atoms with Gasteiger partial charge in [0, 0.05) is 6.54 Å². The second-order valence-electron chi connectivity index (χ2n) is 3.74. The van der Waals surface area contributed by atoms with Crippen LogP contribution in [0.4, 0.5) is 4.48 Å². The van der Waals surface area contributed by atoms with Gasteiger partial charge >= 0.3 is 0 Å². The summed E-state index contributed by atoms with van der Waals surface area (Å²) in [6.07, 6.45) is 3.59. The number of nitrogens with one attached hydrogen (secondary N) is 1. The van der Waals surface area contributed by atoms with Crippen molar-refractivity contribution in [2.45, 2.75) is 25.4 Å². The fraction of sp³-hybridized carbons (Fsp3) is 1.00. The van der Waals surface area contributed by atoms with E-state index in [1.54, 1.807) is 0 Å². The summed E-state index contributed by atoms with van der Waals surface area (Å²) < 4.78 is 12.0. The van der Waals surface area contributed by atoms with Gasteiger partial charge < -0.3 is 0 Å². The second kappa shape index (κ2) is 1.92. The van der Waals surface area contributed by atoms with Crippen molar-refractivity contribution in [3.8, 4) is 0 Å². The molecule has 3 heteroatoms. The molecule has 58 valence electrons. The molecule has 0 radical (unpaired) electrons. The van der Waals surface area contributed by atoms with Crippen molar-refractivity contribution in [3.63, 3.8) is 0 Å². The van der Waals surface area contributed by atoms with E-state index in [0.717, 1.165) is 13.0 Å². The van der Waals surface area contributed by atoms with Crippen molar-refractivity contribution in [2.75, 3.05) is 13.6 Å². The fourth-order valence-electron chi connectivity index (χ4n) is 1.93.